The van der Waals surface area contributed by atoms with Gasteiger partial charge < -0.3 is 40.2 Å². The molecule has 2 aromatic heterocycles. The van der Waals surface area contributed by atoms with E-state index in [-0.39, 0.29) is 54.2 Å². The fourth-order valence-corrected chi connectivity index (χ4v) is 10.1. The monoisotopic (exact) mass is 1150 g/mol. The van der Waals surface area contributed by atoms with Crippen LogP contribution in [0.1, 0.15) is 200 Å². The lowest BCUT2D eigenvalue weighted by Crippen LogP contribution is -2.50. The van der Waals surface area contributed by atoms with Crippen LogP contribution in [-0.4, -0.2) is 85.0 Å². The van der Waals surface area contributed by atoms with Gasteiger partial charge in [0.25, 0.3) is 0 Å². The molecule has 0 saturated heterocycles. The lowest BCUT2D eigenvalue weighted by atomic mass is 10.1. The van der Waals surface area contributed by atoms with Crippen molar-refractivity contribution >= 4 is 92.8 Å². The Morgan fingerprint density at radius 2 is 0.538 bits per heavy atom. The number of carbonyl (C=O) groups is 4. The van der Waals surface area contributed by atoms with Gasteiger partial charge in [0.1, 0.15) is 0 Å². The first-order chi connectivity index (χ1) is 37.6. The molecule has 0 fully saturated rings. The van der Waals surface area contributed by atoms with Gasteiger partial charge in [-0.3, -0.25) is 19.2 Å². The molecule has 0 spiro atoms. The summed E-state index contributed by atoms with van der Waals surface area (Å²) in [5.41, 5.74) is 0.527. The zero-order valence-corrected chi connectivity index (χ0v) is 51.0. The molecule has 430 valence electrons. The minimum absolute atomic E-state index is 0.180. The molecule has 12 nitrogen and oxygen atoms in total. The third-order valence-corrected chi connectivity index (χ3v) is 15.5. The second kappa shape index (κ2) is 37.2. The lowest BCUT2D eigenvalue weighted by molar-refractivity contribution is -0.929. The standard InChI is InChI=1S/C30H20Cl4N6O4.2C16H36N/c31-19-21(33)25(39-23(19)27(41)35-15-8-3-1-4-9-15)29(43)37-17-12-7-13-18(14-17)38-30(44)26-22(34)20(32)24(40-26)28(42)36-16-10-5-2-6-11-16;2*1-5-9-13-17(14-10-6-2,15-11-7-3)16-12-8-4/h1-14H,(H6,35,36,37,38,39,40,41,42,43,44);2*5-16H2,1-4H3/q;2*+1/p-2. The summed E-state index contributed by atoms with van der Waals surface area (Å²) in [5.74, 6) is -2.79. The van der Waals surface area contributed by atoms with Crippen LogP contribution < -0.4 is 31.2 Å². The Bertz CT molecular complexity index is 2290. The van der Waals surface area contributed by atoms with Crippen molar-refractivity contribution in [3.8, 4) is 0 Å². The minimum Gasteiger partial charge on any atom is -0.646 e. The molecule has 78 heavy (non-hydrogen) atoms. The quantitative estimate of drug-likeness (QED) is 0.0316. The molecule has 0 atom stereocenters. The Balaban J connectivity index is 0.000000387. The summed E-state index contributed by atoms with van der Waals surface area (Å²) in [5, 5.41) is 9.70. The molecule has 4 amide bonds. The first kappa shape index (κ1) is 67.5. The van der Waals surface area contributed by atoms with Crippen molar-refractivity contribution in [1.29, 1.82) is 0 Å². The fraction of sp³-hybridized carbons (Fsp3) is 0.516. The summed E-state index contributed by atoms with van der Waals surface area (Å²) in [7, 11) is 0. The Kier molecular flexibility index (Phi) is 32.2. The highest BCUT2D eigenvalue weighted by atomic mass is 35.5. The number of hydrogen-bond acceptors (Lipinski definition) is 4. The largest absolute Gasteiger partial charge is 0.646 e. The zero-order valence-electron chi connectivity index (χ0n) is 48.0. The van der Waals surface area contributed by atoms with Crippen molar-refractivity contribution in [2.45, 2.75) is 158 Å². The maximum atomic E-state index is 13.0. The number of amides is 4. The molecule has 0 aliphatic rings. The molecule has 3 aromatic carbocycles. The van der Waals surface area contributed by atoms with Gasteiger partial charge in [-0.15, -0.1) is 0 Å². The zero-order chi connectivity index (χ0) is 57.4. The summed E-state index contributed by atoms with van der Waals surface area (Å²) in [6.45, 7) is 30.0. The number of unbranched alkanes of at least 4 members (excludes halogenated alkanes) is 8. The summed E-state index contributed by atoms with van der Waals surface area (Å²) < 4.78 is 2.84. The first-order valence-corrected chi connectivity index (χ1v) is 30.3. The molecular formula is C62H90Cl4N8O4. The van der Waals surface area contributed by atoms with Gasteiger partial charge in [-0.05, 0) is 117 Å². The van der Waals surface area contributed by atoms with E-state index in [4.69, 9.17) is 46.4 Å². The molecular weight excluding hydrogens is 1060 g/mol. The number of hydrogen-bond donors (Lipinski definition) is 4. The molecule has 0 radical (unpaired) electrons. The Morgan fingerprint density at radius 3 is 0.756 bits per heavy atom. The summed E-state index contributed by atoms with van der Waals surface area (Å²) >= 11 is 24.9. The van der Waals surface area contributed by atoms with Crippen LogP contribution in [0.5, 0.6) is 0 Å². The lowest BCUT2D eigenvalue weighted by Gasteiger charge is -2.39. The Morgan fingerprint density at radius 1 is 0.333 bits per heavy atom. The number of benzene rings is 3. The van der Waals surface area contributed by atoms with Gasteiger partial charge >= 0.3 is 0 Å². The van der Waals surface area contributed by atoms with Crippen molar-refractivity contribution in [2.75, 3.05) is 73.6 Å². The third kappa shape index (κ3) is 22.4. The topological polar surface area (TPSA) is 145 Å². The second-order valence-electron chi connectivity index (χ2n) is 20.3. The van der Waals surface area contributed by atoms with Gasteiger partial charge in [0.2, 0.25) is 23.6 Å². The number of halogens is 4. The normalized spacial score (nSPS) is 11.2. The van der Waals surface area contributed by atoms with Gasteiger partial charge in [-0.25, -0.2) is 0 Å². The molecule has 0 aliphatic heterocycles. The van der Waals surface area contributed by atoms with Crippen molar-refractivity contribution in [3.05, 3.63) is 128 Å². The SMILES string of the molecule is CCCC[N+](CCCC)(CCCC)CCCC.CCCC[N+](CCCC)(CCCC)CCCC.O=C(Nc1ccccc1)c1[n-]c(C(=O)Nc2cccc(NC(=O)c3[n-]c(C(=O)Nc4ccccc4)c(Cl)c3Cl)c2)c(Cl)c1Cl. The highest BCUT2D eigenvalue weighted by Crippen LogP contribution is 2.32. The third-order valence-electron chi connectivity index (χ3n) is 13.9. The molecule has 5 rings (SSSR count). The second-order valence-corrected chi connectivity index (χ2v) is 21.8. The van der Waals surface area contributed by atoms with Crippen LogP contribution in [0.4, 0.5) is 22.7 Å². The molecule has 2 heterocycles. The highest BCUT2D eigenvalue weighted by molar-refractivity contribution is 6.47. The average Bonchev–Trinajstić information content (AvgIpc) is 3.94. The average molecular weight is 1150 g/mol. The molecule has 4 N–H and O–H groups in total. The predicted octanol–water partition coefficient (Wildman–Crippen LogP) is 17.2. The van der Waals surface area contributed by atoms with Crippen LogP contribution in [0.3, 0.4) is 0 Å². The summed E-state index contributed by atoms with van der Waals surface area (Å²) in [4.78, 5) is 59.5. The van der Waals surface area contributed by atoms with Crippen LogP contribution in [-0.2, 0) is 0 Å². The number of nitrogens with zero attached hydrogens (tertiary/aromatic N) is 4. The summed E-state index contributed by atoms with van der Waals surface area (Å²) in [6.07, 6.45) is 22.1. The Hall–Kier alpha value is -4.82. The molecule has 0 unspecified atom stereocenters. The van der Waals surface area contributed by atoms with Crippen LogP contribution in [0, 0.1) is 0 Å². The predicted molar refractivity (Wildman–Crippen MR) is 329 cm³/mol. The van der Waals surface area contributed by atoms with Crippen molar-refractivity contribution in [2.24, 2.45) is 0 Å². The van der Waals surface area contributed by atoms with Gasteiger partial charge in [0.05, 0.1) is 52.4 Å². The fourth-order valence-electron chi connectivity index (χ4n) is 9.21. The maximum Gasteiger partial charge on any atom is 0.235 e. The molecule has 5 aromatic rings. The van der Waals surface area contributed by atoms with E-state index < -0.39 is 23.6 Å². The number of anilines is 4. The van der Waals surface area contributed by atoms with Crippen LogP contribution >= 0.6 is 46.4 Å². The van der Waals surface area contributed by atoms with Gasteiger partial charge in [-0.2, -0.15) is 0 Å². The van der Waals surface area contributed by atoms with E-state index in [0.717, 1.165) is 0 Å². The minimum atomic E-state index is -0.749. The first-order valence-electron chi connectivity index (χ1n) is 28.8. The number of carbonyl (C=O) groups excluding carboxylic acids is 4. The smallest absolute Gasteiger partial charge is 0.235 e. The van der Waals surface area contributed by atoms with E-state index in [9.17, 15) is 19.2 Å². The van der Waals surface area contributed by atoms with Crippen LogP contribution in [0.2, 0.25) is 20.1 Å². The van der Waals surface area contributed by atoms with Crippen molar-refractivity contribution < 1.29 is 28.1 Å². The van der Waals surface area contributed by atoms with E-state index in [0.29, 0.717) is 11.4 Å². The highest BCUT2D eigenvalue weighted by Gasteiger charge is 2.26. The van der Waals surface area contributed by atoms with E-state index in [1.807, 2.05) is 0 Å². The van der Waals surface area contributed by atoms with Crippen molar-refractivity contribution in [3.63, 3.8) is 0 Å². The molecule has 0 bridgehead atoms. The van der Waals surface area contributed by atoms with E-state index in [2.05, 4.69) is 86.6 Å². The van der Waals surface area contributed by atoms with Gasteiger partial charge in [-0.1, -0.05) is 196 Å². The number of nitrogens with one attached hydrogen (secondary N) is 4. The van der Waals surface area contributed by atoms with Crippen LogP contribution in [0.25, 0.3) is 0 Å². The molecule has 0 aliphatic carbocycles. The molecule has 0 saturated carbocycles. The number of quaternary nitrogens is 2. The van der Waals surface area contributed by atoms with E-state index in [1.54, 1.807) is 78.9 Å². The van der Waals surface area contributed by atoms with E-state index >= 15 is 0 Å². The van der Waals surface area contributed by atoms with E-state index in [1.165, 1.54) is 170 Å². The Labute approximate surface area is 487 Å². The summed E-state index contributed by atoms with van der Waals surface area (Å²) in [6, 6.07) is 23.3. The molecule has 16 heteroatoms. The number of aromatic nitrogens is 2. The van der Waals surface area contributed by atoms with Gasteiger partial charge in [0, 0.05) is 42.8 Å². The van der Waals surface area contributed by atoms with Crippen molar-refractivity contribution in [1.82, 2.24) is 9.97 Å². The maximum absolute atomic E-state index is 13.0. The van der Waals surface area contributed by atoms with Crippen LogP contribution in [0.15, 0.2) is 84.9 Å². The number of para-hydroxylation sites is 2. The van der Waals surface area contributed by atoms with Gasteiger partial charge in [0.15, 0.2) is 0 Å². The number of rotatable bonds is 32.